The molecule has 0 radical (unpaired) electrons. The number of hydrogen-bond donors (Lipinski definition) is 3. The molecule has 1 aliphatic heterocycles. The molecule has 1 aliphatic rings. The molecule has 4 rings (SSSR count). The number of hydrazone groups is 1. The van der Waals surface area contributed by atoms with E-state index in [0.29, 0.717) is 17.6 Å². The van der Waals surface area contributed by atoms with Crippen molar-refractivity contribution in [1.82, 2.24) is 10.6 Å². The third-order valence-corrected chi connectivity index (χ3v) is 7.09. The number of nitrogens with zero attached hydrogens (tertiary/aromatic N) is 2. The molecule has 44 heavy (non-hydrogen) atoms. The lowest BCUT2D eigenvalue weighted by Gasteiger charge is -2.25. The maximum atomic E-state index is 13.9. The molecule has 0 bridgehead atoms. The number of aliphatic hydroxyl groups is 1. The second-order valence-electron chi connectivity index (χ2n) is 11.7. The van der Waals surface area contributed by atoms with Crippen molar-refractivity contribution in [2.45, 2.75) is 63.9 Å². The van der Waals surface area contributed by atoms with Gasteiger partial charge in [0.1, 0.15) is 17.3 Å². The molecule has 2 amide bonds. The van der Waals surface area contributed by atoms with Crippen molar-refractivity contribution in [3.05, 3.63) is 101 Å². The quantitative estimate of drug-likeness (QED) is 0.271. The highest BCUT2D eigenvalue weighted by Crippen LogP contribution is 2.32. The molecule has 2 atom stereocenters. The normalized spacial score (nSPS) is 15.2. The molecule has 7 nitrogen and oxygen atoms in total. The van der Waals surface area contributed by atoms with Crippen LogP contribution in [0.15, 0.2) is 71.8 Å². The average Bonchev–Trinajstić information content (AvgIpc) is 3.33. The van der Waals surface area contributed by atoms with E-state index >= 15 is 0 Å². The number of halogens is 5. The molecule has 3 aromatic rings. The van der Waals surface area contributed by atoms with Gasteiger partial charge in [-0.1, -0.05) is 51.1 Å². The monoisotopic (exact) mass is 616 g/mol. The summed E-state index contributed by atoms with van der Waals surface area (Å²) in [5, 5.41) is 21.4. The van der Waals surface area contributed by atoms with Crippen molar-refractivity contribution in [1.29, 1.82) is 0 Å². The largest absolute Gasteiger partial charge is 0.416 e. The molecule has 3 aromatic carbocycles. The van der Waals surface area contributed by atoms with Gasteiger partial charge in [-0.15, -0.1) is 0 Å². The van der Waals surface area contributed by atoms with Gasteiger partial charge >= 0.3 is 6.18 Å². The highest BCUT2D eigenvalue weighted by Gasteiger charge is 2.34. The van der Waals surface area contributed by atoms with Gasteiger partial charge in [-0.2, -0.15) is 23.3 Å². The van der Waals surface area contributed by atoms with E-state index in [1.165, 1.54) is 6.07 Å². The Balaban J connectivity index is 1.49. The fourth-order valence-electron chi connectivity index (χ4n) is 4.74. The molecule has 234 valence electrons. The van der Waals surface area contributed by atoms with Crippen LogP contribution >= 0.6 is 0 Å². The summed E-state index contributed by atoms with van der Waals surface area (Å²) in [7, 11) is 0. The topological polar surface area (TPSA) is 94.0 Å². The fraction of sp³-hybridized carbons (Fsp3) is 0.344. The van der Waals surface area contributed by atoms with Gasteiger partial charge in [-0.3, -0.25) is 9.59 Å². The lowest BCUT2D eigenvalue weighted by molar-refractivity contribution is -0.137. The zero-order chi connectivity index (χ0) is 32.2. The van der Waals surface area contributed by atoms with E-state index in [9.17, 15) is 36.6 Å². The summed E-state index contributed by atoms with van der Waals surface area (Å²) in [6, 6.07) is 13.7. The van der Waals surface area contributed by atoms with Gasteiger partial charge in [-0.05, 0) is 58.9 Å². The lowest BCUT2D eigenvalue weighted by atomic mass is 9.86. The van der Waals surface area contributed by atoms with Crippen LogP contribution in [0.4, 0.5) is 27.6 Å². The number of hydrogen-bond acceptors (Lipinski definition) is 5. The Morgan fingerprint density at radius 1 is 0.955 bits per heavy atom. The first kappa shape index (κ1) is 32.7. The summed E-state index contributed by atoms with van der Waals surface area (Å²) >= 11 is 0. The molecule has 0 aliphatic carbocycles. The van der Waals surface area contributed by atoms with Gasteiger partial charge in [-0.25, -0.2) is 8.78 Å². The second-order valence-corrected chi connectivity index (χ2v) is 11.7. The van der Waals surface area contributed by atoms with Gasteiger partial charge < -0.3 is 15.7 Å². The first-order chi connectivity index (χ1) is 20.6. The van der Waals surface area contributed by atoms with Crippen molar-refractivity contribution < 1.29 is 36.6 Å². The molecule has 0 spiro atoms. The molecule has 0 aromatic heterocycles. The minimum absolute atomic E-state index is 0.00967. The predicted molar refractivity (Wildman–Crippen MR) is 156 cm³/mol. The maximum absolute atomic E-state index is 13.9. The number of rotatable bonds is 10. The highest BCUT2D eigenvalue weighted by atomic mass is 19.4. The van der Waals surface area contributed by atoms with E-state index in [1.807, 2.05) is 24.3 Å². The number of carbonyl (C=O) groups is 2. The van der Waals surface area contributed by atoms with Crippen molar-refractivity contribution >= 4 is 23.2 Å². The summed E-state index contributed by atoms with van der Waals surface area (Å²) in [5.41, 5.74) is 0.749. The van der Waals surface area contributed by atoms with E-state index in [0.717, 1.165) is 41.5 Å². The van der Waals surface area contributed by atoms with Crippen molar-refractivity contribution in [2.75, 3.05) is 11.6 Å². The zero-order valence-electron chi connectivity index (χ0n) is 24.4. The molecular weight excluding hydrogens is 583 g/mol. The molecule has 0 saturated heterocycles. The first-order valence-corrected chi connectivity index (χ1v) is 13.9. The average molecular weight is 617 g/mol. The minimum atomic E-state index is -4.65. The predicted octanol–water partition coefficient (Wildman–Crippen LogP) is 5.25. The third-order valence-electron chi connectivity index (χ3n) is 7.09. The number of alkyl halides is 3. The Labute approximate surface area is 251 Å². The van der Waals surface area contributed by atoms with Gasteiger partial charge in [0.25, 0.3) is 11.8 Å². The van der Waals surface area contributed by atoms with Crippen molar-refractivity contribution in [3.63, 3.8) is 0 Å². The molecule has 0 fully saturated rings. The SMILES string of the molecule is CC(C)(C)c1cccc(CNC[C@@H](O)[C@H](Cc2cc(F)cc(F)c2)NC(=O)C2=NN(c3cccc(C(F)(F)F)c3)C(=O)C2)c1. The number of aliphatic hydroxyl groups excluding tert-OH is 1. The van der Waals surface area contributed by atoms with Crippen LogP contribution in [0.2, 0.25) is 0 Å². The van der Waals surface area contributed by atoms with Gasteiger partial charge in [0.05, 0.1) is 29.8 Å². The maximum Gasteiger partial charge on any atom is 0.416 e. The number of nitrogens with one attached hydrogen (secondary N) is 2. The van der Waals surface area contributed by atoms with Crippen LogP contribution in [-0.2, 0) is 34.1 Å². The second kappa shape index (κ2) is 13.2. The summed E-state index contributed by atoms with van der Waals surface area (Å²) in [5.74, 6) is -3.25. The first-order valence-electron chi connectivity index (χ1n) is 13.9. The standard InChI is InChI=1S/C32H33F5N4O3/c1-31(2,3)21-7-4-6-19(10-21)17-38-18-28(42)26(13-20-11-23(33)15-24(34)12-20)39-30(44)27-16-29(43)41(40-27)25-9-5-8-22(14-25)32(35,36)37/h4-12,14-15,26,28,38,42H,13,16-18H2,1-3H3,(H,39,44)/t26-,28+/m0/s1. The van der Waals surface area contributed by atoms with Crippen LogP contribution in [0, 0.1) is 11.6 Å². The number of benzene rings is 3. The van der Waals surface area contributed by atoms with Gasteiger partial charge in [0, 0.05) is 19.2 Å². The van der Waals surface area contributed by atoms with Crippen LogP contribution in [0.3, 0.4) is 0 Å². The number of anilines is 1. The Morgan fingerprint density at radius 2 is 1.61 bits per heavy atom. The zero-order valence-corrected chi connectivity index (χ0v) is 24.4. The van der Waals surface area contributed by atoms with Crippen LogP contribution in [0.5, 0.6) is 0 Å². The van der Waals surface area contributed by atoms with E-state index in [-0.39, 0.29) is 35.3 Å². The van der Waals surface area contributed by atoms with Gasteiger partial charge in [0.15, 0.2) is 0 Å². The van der Waals surface area contributed by atoms with Gasteiger partial charge in [0.2, 0.25) is 0 Å². The fourth-order valence-corrected chi connectivity index (χ4v) is 4.74. The van der Waals surface area contributed by atoms with Crippen LogP contribution in [0.1, 0.15) is 49.4 Å². The molecule has 12 heteroatoms. The Kier molecular flexibility index (Phi) is 9.85. The summed E-state index contributed by atoms with van der Waals surface area (Å²) in [4.78, 5) is 25.8. The van der Waals surface area contributed by atoms with E-state index in [4.69, 9.17) is 0 Å². The summed E-state index contributed by atoms with van der Waals surface area (Å²) in [6.07, 6.45) is -6.55. The van der Waals surface area contributed by atoms with Crippen molar-refractivity contribution in [3.8, 4) is 0 Å². The molecular formula is C32H33F5N4O3. The number of amides is 2. The Hall–Kier alpha value is -4.16. The Morgan fingerprint density at radius 3 is 2.27 bits per heavy atom. The third kappa shape index (κ3) is 8.48. The molecule has 0 unspecified atom stereocenters. The Bertz CT molecular complexity index is 1530. The van der Waals surface area contributed by atoms with E-state index in [1.54, 1.807) is 0 Å². The molecule has 0 saturated carbocycles. The molecule has 1 heterocycles. The minimum Gasteiger partial charge on any atom is -0.390 e. The molecule has 3 N–H and O–H groups in total. The number of carbonyl (C=O) groups excluding carboxylic acids is 2. The lowest BCUT2D eigenvalue weighted by Crippen LogP contribution is -2.50. The smallest absolute Gasteiger partial charge is 0.390 e. The highest BCUT2D eigenvalue weighted by molar-refractivity contribution is 6.44. The van der Waals surface area contributed by atoms with E-state index in [2.05, 4.69) is 36.5 Å². The van der Waals surface area contributed by atoms with Crippen LogP contribution in [0.25, 0.3) is 0 Å². The summed E-state index contributed by atoms with van der Waals surface area (Å²) in [6.45, 7) is 6.65. The van der Waals surface area contributed by atoms with Crippen molar-refractivity contribution in [2.24, 2.45) is 5.10 Å². The summed E-state index contributed by atoms with van der Waals surface area (Å²) < 4.78 is 67.3. The van der Waals surface area contributed by atoms with Crippen LogP contribution in [-0.4, -0.2) is 41.3 Å². The van der Waals surface area contributed by atoms with E-state index < -0.39 is 53.8 Å². The van der Waals surface area contributed by atoms with Crippen LogP contribution < -0.4 is 15.6 Å².